The van der Waals surface area contributed by atoms with Gasteiger partial charge in [-0.2, -0.15) is 0 Å². The Morgan fingerprint density at radius 2 is 0.506 bits per heavy atom. The molecule has 13 aromatic rings. The predicted molar refractivity (Wildman–Crippen MR) is 324 cm³/mol. The van der Waals surface area contributed by atoms with E-state index < -0.39 is 5.41 Å². The van der Waals surface area contributed by atoms with Crippen LogP contribution in [0.3, 0.4) is 0 Å². The molecule has 0 radical (unpaired) electrons. The second-order valence-corrected chi connectivity index (χ2v) is 19.9. The van der Waals surface area contributed by atoms with Crippen molar-refractivity contribution in [2.24, 2.45) is 0 Å². The molecule has 0 spiro atoms. The Morgan fingerprint density at radius 3 is 0.935 bits per heavy atom. The lowest BCUT2D eigenvalue weighted by Crippen LogP contribution is -2.28. The lowest BCUT2D eigenvalue weighted by atomic mass is 9.67. The van der Waals surface area contributed by atoms with Crippen LogP contribution in [0.2, 0.25) is 0 Å². The Balaban J connectivity index is 0.832. The van der Waals surface area contributed by atoms with Crippen LogP contribution in [0.15, 0.2) is 315 Å². The van der Waals surface area contributed by atoms with Gasteiger partial charge in [-0.05, 0) is 167 Å². The number of nitrogens with zero attached hydrogens (tertiary/aromatic N) is 2. The minimum absolute atomic E-state index is 0.452. The van der Waals surface area contributed by atoms with E-state index in [1.165, 1.54) is 88.3 Å². The van der Waals surface area contributed by atoms with Crippen LogP contribution in [0.25, 0.3) is 66.1 Å². The Labute approximate surface area is 450 Å². The van der Waals surface area contributed by atoms with Crippen LogP contribution >= 0.6 is 0 Å². The van der Waals surface area contributed by atoms with Gasteiger partial charge in [0.25, 0.3) is 0 Å². The topological polar surface area (TPSA) is 6.48 Å². The van der Waals surface area contributed by atoms with Gasteiger partial charge in [-0.3, -0.25) is 0 Å². The standard InChI is InChI=1S/C75H52N2/c1-6-22-57(23-7-1)75(58-24-8-2-9-25-58)71-37-21-20-32-65(71)66-51-44-56(52-72(66)75)53-38-40-54(41-39-53)73-67-33-16-18-35-69(67)74(70-36-19-17-34-68(70)73)55-42-45-62(46-43-55)77(61-30-14-5-15-31-61)64-49-47-63(48-50-64)76(59-26-10-3-11-27-59)60-28-12-4-13-29-60/h1-52H. The SMILES string of the molecule is c1ccc(N(c2ccccc2)c2ccc(N(c3ccccc3)c3ccc(-c4c5ccccc5c(-c5ccc(-c6ccc7c(c6)C(c6ccccc6)(c6ccccc6)c6ccccc6-7)cc5)c5ccccc45)cc3)cc2)cc1. The van der Waals surface area contributed by atoms with Crippen molar-refractivity contribution < 1.29 is 0 Å². The van der Waals surface area contributed by atoms with E-state index in [1.807, 2.05) is 0 Å². The van der Waals surface area contributed by atoms with Crippen molar-refractivity contribution in [2.45, 2.75) is 5.41 Å². The van der Waals surface area contributed by atoms with Gasteiger partial charge in [-0.1, -0.05) is 237 Å². The van der Waals surface area contributed by atoms with E-state index in [0.717, 1.165) is 34.1 Å². The maximum atomic E-state index is 2.45. The van der Waals surface area contributed by atoms with Crippen molar-refractivity contribution in [1.29, 1.82) is 0 Å². The van der Waals surface area contributed by atoms with Gasteiger partial charge in [-0.25, -0.2) is 0 Å². The van der Waals surface area contributed by atoms with Crippen LogP contribution in [0.5, 0.6) is 0 Å². The monoisotopic (exact) mass is 980 g/mol. The number of rotatable bonds is 11. The average Bonchev–Trinajstić information content (AvgIpc) is 4.01. The Kier molecular flexibility index (Phi) is 11.5. The molecule has 0 N–H and O–H groups in total. The van der Waals surface area contributed by atoms with Crippen molar-refractivity contribution in [2.75, 3.05) is 9.80 Å². The van der Waals surface area contributed by atoms with E-state index in [1.54, 1.807) is 0 Å². The summed E-state index contributed by atoms with van der Waals surface area (Å²) < 4.78 is 0. The van der Waals surface area contributed by atoms with Crippen LogP contribution in [0.1, 0.15) is 22.3 Å². The summed E-state index contributed by atoms with van der Waals surface area (Å²) in [5.74, 6) is 0. The van der Waals surface area contributed by atoms with Crippen molar-refractivity contribution in [3.05, 3.63) is 338 Å². The van der Waals surface area contributed by atoms with Crippen molar-refractivity contribution in [1.82, 2.24) is 0 Å². The quantitative estimate of drug-likeness (QED) is 0.119. The highest BCUT2D eigenvalue weighted by molar-refractivity contribution is 6.21. The molecule has 0 amide bonds. The average molecular weight is 981 g/mol. The van der Waals surface area contributed by atoms with Gasteiger partial charge in [0.1, 0.15) is 0 Å². The summed E-state index contributed by atoms with van der Waals surface area (Å²) in [5, 5.41) is 4.92. The third kappa shape index (κ3) is 7.81. The highest BCUT2D eigenvalue weighted by atomic mass is 15.2. The maximum Gasteiger partial charge on any atom is 0.0713 e. The molecule has 362 valence electrons. The largest absolute Gasteiger partial charge is 0.311 e. The molecule has 1 aliphatic rings. The van der Waals surface area contributed by atoms with Gasteiger partial charge in [0.2, 0.25) is 0 Å². The fourth-order valence-corrected chi connectivity index (χ4v) is 12.4. The van der Waals surface area contributed by atoms with E-state index in [0.29, 0.717) is 0 Å². The van der Waals surface area contributed by atoms with Crippen LogP contribution in [0, 0.1) is 0 Å². The summed E-state index contributed by atoms with van der Waals surface area (Å²) in [6.07, 6.45) is 0. The maximum absolute atomic E-state index is 2.45. The molecule has 0 saturated heterocycles. The predicted octanol–water partition coefficient (Wildman–Crippen LogP) is 20.3. The molecular weight excluding hydrogens is 929 g/mol. The fourth-order valence-electron chi connectivity index (χ4n) is 12.4. The van der Waals surface area contributed by atoms with Gasteiger partial charge in [-0.15, -0.1) is 0 Å². The zero-order chi connectivity index (χ0) is 51.1. The first-order valence-corrected chi connectivity index (χ1v) is 26.6. The van der Waals surface area contributed by atoms with E-state index >= 15 is 0 Å². The minimum atomic E-state index is -0.452. The summed E-state index contributed by atoms with van der Waals surface area (Å²) in [7, 11) is 0. The van der Waals surface area contributed by atoms with Crippen molar-refractivity contribution in [3.8, 4) is 44.5 Å². The lowest BCUT2D eigenvalue weighted by molar-refractivity contribution is 0.769. The molecule has 77 heavy (non-hydrogen) atoms. The van der Waals surface area contributed by atoms with Gasteiger partial charge in [0.15, 0.2) is 0 Å². The summed E-state index contributed by atoms with van der Waals surface area (Å²) >= 11 is 0. The highest BCUT2D eigenvalue weighted by Gasteiger charge is 2.46. The summed E-state index contributed by atoms with van der Waals surface area (Å²) in [6, 6.07) is 115. The van der Waals surface area contributed by atoms with Gasteiger partial charge in [0, 0.05) is 34.1 Å². The minimum Gasteiger partial charge on any atom is -0.311 e. The molecule has 0 heterocycles. The third-order valence-electron chi connectivity index (χ3n) is 15.7. The van der Waals surface area contributed by atoms with Crippen molar-refractivity contribution >= 4 is 55.7 Å². The van der Waals surface area contributed by atoms with Gasteiger partial charge < -0.3 is 9.80 Å². The Hall–Kier alpha value is -10.0. The first-order chi connectivity index (χ1) is 38.2. The van der Waals surface area contributed by atoms with E-state index in [9.17, 15) is 0 Å². The third-order valence-corrected chi connectivity index (χ3v) is 15.7. The molecule has 0 atom stereocenters. The van der Waals surface area contributed by atoms with Crippen LogP contribution in [0.4, 0.5) is 34.1 Å². The molecule has 0 saturated carbocycles. The van der Waals surface area contributed by atoms with E-state index in [2.05, 4.69) is 325 Å². The second kappa shape index (κ2) is 19.4. The smallest absolute Gasteiger partial charge is 0.0713 e. The Bertz CT molecular complexity index is 4080. The number of anilines is 6. The molecule has 0 fully saturated rings. The summed E-state index contributed by atoms with van der Waals surface area (Å²) in [5.41, 5.74) is 21.1. The first kappa shape index (κ1) is 45.6. The van der Waals surface area contributed by atoms with Gasteiger partial charge >= 0.3 is 0 Å². The fraction of sp³-hybridized carbons (Fsp3) is 0.0133. The zero-order valence-corrected chi connectivity index (χ0v) is 42.4. The summed E-state index contributed by atoms with van der Waals surface area (Å²) in [4.78, 5) is 4.65. The van der Waals surface area contributed by atoms with E-state index in [4.69, 9.17) is 0 Å². The number of hydrogen-bond acceptors (Lipinski definition) is 2. The number of benzene rings is 13. The molecule has 13 aromatic carbocycles. The zero-order valence-electron chi connectivity index (χ0n) is 42.4. The Morgan fingerprint density at radius 1 is 0.208 bits per heavy atom. The van der Waals surface area contributed by atoms with Crippen LogP contribution < -0.4 is 9.80 Å². The molecule has 0 aliphatic heterocycles. The molecule has 0 unspecified atom stereocenters. The molecular formula is C75H52N2. The highest BCUT2D eigenvalue weighted by Crippen LogP contribution is 2.57. The second-order valence-electron chi connectivity index (χ2n) is 19.9. The summed E-state index contributed by atoms with van der Waals surface area (Å²) in [6.45, 7) is 0. The van der Waals surface area contributed by atoms with Crippen LogP contribution in [-0.2, 0) is 5.41 Å². The first-order valence-electron chi connectivity index (χ1n) is 26.6. The molecule has 2 heteroatoms. The van der Waals surface area contributed by atoms with Crippen LogP contribution in [-0.4, -0.2) is 0 Å². The number of para-hydroxylation sites is 3. The molecule has 0 bridgehead atoms. The molecule has 1 aliphatic carbocycles. The lowest BCUT2D eigenvalue weighted by Gasteiger charge is -2.34. The van der Waals surface area contributed by atoms with Crippen molar-refractivity contribution in [3.63, 3.8) is 0 Å². The van der Waals surface area contributed by atoms with Gasteiger partial charge in [0.05, 0.1) is 5.41 Å². The molecule has 0 aromatic heterocycles. The normalized spacial score (nSPS) is 12.3. The number of fused-ring (bicyclic) bond motifs is 5. The molecule has 2 nitrogen and oxygen atoms in total. The molecule has 14 rings (SSSR count). The number of hydrogen-bond donors (Lipinski definition) is 0. The van der Waals surface area contributed by atoms with E-state index in [-0.39, 0.29) is 0 Å².